The van der Waals surface area contributed by atoms with Crippen LogP contribution in [0.25, 0.3) is 10.9 Å². The molecular weight excluding hydrogens is 316 g/mol. The molecule has 2 nitrogen and oxygen atoms in total. The molecule has 3 aromatic rings. The van der Waals surface area contributed by atoms with Crippen molar-refractivity contribution in [2.24, 2.45) is 5.92 Å². The summed E-state index contributed by atoms with van der Waals surface area (Å²) in [7, 11) is 0. The van der Waals surface area contributed by atoms with Gasteiger partial charge in [0.25, 0.3) is 0 Å². The highest BCUT2D eigenvalue weighted by molar-refractivity contribution is 5.82. The number of allylic oxidation sites excluding steroid dienone is 2. The van der Waals surface area contributed by atoms with Crippen molar-refractivity contribution in [2.45, 2.75) is 32.4 Å². The molecule has 2 aliphatic heterocycles. The molecule has 0 aliphatic carbocycles. The van der Waals surface area contributed by atoms with Gasteiger partial charge in [0.2, 0.25) is 0 Å². The highest BCUT2D eigenvalue weighted by Gasteiger charge is 2.22. The molecule has 3 heterocycles. The van der Waals surface area contributed by atoms with Crippen molar-refractivity contribution in [3.63, 3.8) is 0 Å². The number of rotatable bonds is 3. The molecule has 1 aromatic heterocycles. The molecule has 1 saturated heterocycles. The van der Waals surface area contributed by atoms with E-state index in [2.05, 4.69) is 76.2 Å². The lowest BCUT2D eigenvalue weighted by molar-refractivity contribution is 0.195. The standard InChI is InChI=1S/C24H26N2/c1-2-6-20(7-3-1)17-25-12-10-19(11-13-25)14-21-15-23-16-22-8-4-5-9-24(22)26(23)18-21/h1-9,14,16,19H,10-13,15,17-18H2. The zero-order valence-electron chi connectivity index (χ0n) is 15.3. The molecule has 5 rings (SSSR count). The van der Waals surface area contributed by atoms with Gasteiger partial charge in [-0.2, -0.15) is 0 Å². The third-order valence-corrected chi connectivity index (χ3v) is 6.02. The number of piperidine rings is 1. The largest absolute Gasteiger partial charge is 0.340 e. The van der Waals surface area contributed by atoms with Gasteiger partial charge in [0.05, 0.1) is 0 Å². The maximum absolute atomic E-state index is 2.61. The van der Waals surface area contributed by atoms with E-state index in [1.165, 1.54) is 48.1 Å². The molecule has 26 heavy (non-hydrogen) atoms. The van der Waals surface area contributed by atoms with Gasteiger partial charge in [0, 0.05) is 30.7 Å². The molecule has 132 valence electrons. The van der Waals surface area contributed by atoms with Crippen LogP contribution in [0.3, 0.4) is 0 Å². The molecule has 0 bridgehead atoms. The van der Waals surface area contributed by atoms with Gasteiger partial charge in [0.15, 0.2) is 0 Å². The number of benzene rings is 2. The summed E-state index contributed by atoms with van der Waals surface area (Å²) in [4.78, 5) is 2.61. The number of hydrogen-bond donors (Lipinski definition) is 0. The number of fused-ring (bicyclic) bond motifs is 3. The number of para-hydroxylation sites is 1. The summed E-state index contributed by atoms with van der Waals surface area (Å²) in [6.07, 6.45) is 6.33. The average Bonchev–Trinajstić information content (AvgIpc) is 3.21. The maximum atomic E-state index is 2.61. The third kappa shape index (κ3) is 3.10. The molecule has 0 spiro atoms. The topological polar surface area (TPSA) is 8.17 Å². The van der Waals surface area contributed by atoms with Crippen molar-refractivity contribution in [3.8, 4) is 0 Å². The van der Waals surface area contributed by atoms with Gasteiger partial charge in [-0.15, -0.1) is 0 Å². The number of aromatic nitrogens is 1. The summed E-state index contributed by atoms with van der Waals surface area (Å²) >= 11 is 0. The Bertz CT molecular complexity index is 927. The highest BCUT2D eigenvalue weighted by Crippen LogP contribution is 2.30. The lowest BCUT2D eigenvalue weighted by atomic mass is 9.93. The SMILES string of the molecule is C(=C1Cc2cc3ccccc3n2C1)C1CCN(Cc2ccccc2)CC1. The molecule has 2 aromatic carbocycles. The highest BCUT2D eigenvalue weighted by atomic mass is 15.1. The van der Waals surface area contributed by atoms with Crippen LogP contribution < -0.4 is 0 Å². The van der Waals surface area contributed by atoms with Crippen molar-refractivity contribution in [1.82, 2.24) is 9.47 Å². The first kappa shape index (κ1) is 15.9. The van der Waals surface area contributed by atoms with E-state index in [1.807, 2.05) is 0 Å². The first-order valence-corrected chi connectivity index (χ1v) is 9.88. The van der Waals surface area contributed by atoms with Gasteiger partial charge in [-0.05, 0) is 60.5 Å². The van der Waals surface area contributed by atoms with Gasteiger partial charge >= 0.3 is 0 Å². The summed E-state index contributed by atoms with van der Waals surface area (Å²) in [6, 6.07) is 22.0. The predicted molar refractivity (Wildman–Crippen MR) is 108 cm³/mol. The first-order chi connectivity index (χ1) is 12.8. The van der Waals surface area contributed by atoms with E-state index in [9.17, 15) is 0 Å². The Labute approximate surface area is 155 Å². The van der Waals surface area contributed by atoms with Gasteiger partial charge < -0.3 is 4.57 Å². The minimum absolute atomic E-state index is 0.757. The van der Waals surface area contributed by atoms with Crippen LogP contribution in [0.4, 0.5) is 0 Å². The van der Waals surface area contributed by atoms with Crippen molar-refractivity contribution < 1.29 is 0 Å². The van der Waals surface area contributed by atoms with E-state index in [-0.39, 0.29) is 0 Å². The molecule has 2 aliphatic rings. The smallest absolute Gasteiger partial charge is 0.0485 e. The fraction of sp³-hybridized carbons (Fsp3) is 0.333. The average molecular weight is 342 g/mol. The summed E-state index contributed by atoms with van der Waals surface area (Å²) in [5.41, 5.74) is 5.93. The summed E-state index contributed by atoms with van der Waals surface area (Å²) in [5, 5.41) is 1.38. The van der Waals surface area contributed by atoms with Crippen LogP contribution in [0, 0.1) is 5.92 Å². The van der Waals surface area contributed by atoms with Crippen molar-refractivity contribution in [3.05, 3.63) is 83.6 Å². The Morgan fingerprint density at radius 3 is 2.54 bits per heavy atom. The Kier molecular flexibility index (Phi) is 4.14. The Hall–Kier alpha value is -2.32. The molecule has 2 heteroatoms. The normalized spacial score (nSPS) is 20.1. The summed E-state index contributed by atoms with van der Waals surface area (Å²) in [5.74, 6) is 0.757. The van der Waals surface area contributed by atoms with Crippen LogP contribution in [0.15, 0.2) is 72.3 Å². The van der Waals surface area contributed by atoms with Crippen LogP contribution in [0.1, 0.15) is 24.1 Å². The fourth-order valence-electron chi connectivity index (χ4n) is 4.66. The van der Waals surface area contributed by atoms with Crippen molar-refractivity contribution >= 4 is 10.9 Å². The van der Waals surface area contributed by atoms with Crippen LogP contribution in [-0.4, -0.2) is 22.6 Å². The minimum atomic E-state index is 0.757. The van der Waals surface area contributed by atoms with E-state index in [4.69, 9.17) is 0 Å². The van der Waals surface area contributed by atoms with E-state index < -0.39 is 0 Å². The van der Waals surface area contributed by atoms with Gasteiger partial charge in [-0.25, -0.2) is 0 Å². The molecule has 0 saturated carbocycles. The zero-order chi connectivity index (χ0) is 17.3. The van der Waals surface area contributed by atoms with Gasteiger partial charge in [0.1, 0.15) is 0 Å². The first-order valence-electron chi connectivity index (χ1n) is 9.88. The quantitative estimate of drug-likeness (QED) is 0.606. The second-order valence-corrected chi connectivity index (χ2v) is 7.88. The third-order valence-electron chi connectivity index (χ3n) is 6.02. The maximum Gasteiger partial charge on any atom is 0.0485 e. The Balaban J connectivity index is 1.21. The summed E-state index contributed by atoms with van der Waals surface area (Å²) in [6.45, 7) is 4.63. The molecule has 0 amide bonds. The molecule has 0 radical (unpaired) electrons. The lowest BCUT2D eigenvalue weighted by Gasteiger charge is -2.31. The molecule has 0 N–H and O–H groups in total. The predicted octanol–water partition coefficient (Wildman–Crippen LogP) is 5.04. The second kappa shape index (κ2) is 6.77. The zero-order valence-corrected chi connectivity index (χ0v) is 15.3. The van der Waals surface area contributed by atoms with Crippen molar-refractivity contribution in [1.29, 1.82) is 0 Å². The molecule has 0 unspecified atom stereocenters. The lowest BCUT2D eigenvalue weighted by Crippen LogP contribution is -2.32. The number of nitrogens with zero attached hydrogens (tertiary/aromatic N) is 2. The van der Waals surface area contributed by atoms with Crippen molar-refractivity contribution in [2.75, 3.05) is 13.1 Å². The minimum Gasteiger partial charge on any atom is -0.340 e. The second-order valence-electron chi connectivity index (χ2n) is 7.88. The van der Waals surface area contributed by atoms with E-state index in [0.29, 0.717) is 0 Å². The Morgan fingerprint density at radius 2 is 1.69 bits per heavy atom. The van der Waals surface area contributed by atoms with Crippen LogP contribution in [0.5, 0.6) is 0 Å². The number of likely N-dealkylation sites (tertiary alicyclic amines) is 1. The van der Waals surface area contributed by atoms with Crippen LogP contribution >= 0.6 is 0 Å². The van der Waals surface area contributed by atoms with Crippen LogP contribution in [0.2, 0.25) is 0 Å². The van der Waals surface area contributed by atoms with E-state index >= 15 is 0 Å². The van der Waals surface area contributed by atoms with Crippen LogP contribution in [-0.2, 0) is 19.5 Å². The van der Waals surface area contributed by atoms with Gasteiger partial charge in [-0.1, -0.05) is 54.6 Å². The van der Waals surface area contributed by atoms with E-state index in [0.717, 1.165) is 25.4 Å². The molecule has 1 fully saturated rings. The fourth-order valence-corrected chi connectivity index (χ4v) is 4.66. The number of hydrogen-bond acceptors (Lipinski definition) is 1. The molecular formula is C24H26N2. The van der Waals surface area contributed by atoms with Gasteiger partial charge in [-0.3, -0.25) is 4.90 Å². The monoisotopic (exact) mass is 342 g/mol. The summed E-state index contributed by atoms with van der Waals surface area (Å²) < 4.78 is 2.51. The van der Waals surface area contributed by atoms with E-state index in [1.54, 1.807) is 5.57 Å². The Morgan fingerprint density at radius 1 is 0.923 bits per heavy atom. The molecule has 0 atom stereocenters.